The molecule has 0 saturated carbocycles. The van der Waals surface area contributed by atoms with Gasteiger partial charge in [-0.2, -0.15) is 0 Å². The Hall–Kier alpha value is 2.21. The summed E-state index contributed by atoms with van der Waals surface area (Å²) in [6.45, 7) is 0. The van der Waals surface area contributed by atoms with Gasteiger partial charge in [-0.1, -0.05) is 0 Å². The van der Waals surface area contributed by atoms with Crippen LogP contribution in [-0.4, -0.2) is 84.2 Å². The van der Waals surface area contributed by atoms with Gasteiger partial charge in [0, 0.05) is 17.1 Å². The van der Waals surface area contributed by atoms with Crippen LogP contribution in [0.2, 0.25) is 0 Å². The molecule has 0 spiro atoms. The van der Waals surface area contributed by atoms with E-state index in [1.54, 1.807) is 0 Å². The van der Waals surface area contributed by atoms with E-state index in [4.69, 9.17) is 0 Å². The molecule has 9 heavy (non-hydrogen) atoms. The molecule has 0 unspecified atom stereocenters. The zero-order valence-electron chi connectivity index (χ0n) is 3.79. The second-order valence-electron chi connectivity index (χ2n) is 0. The quantitative estimate of drug-likeness (QED) is 0.366. The van der Waals surface area contributed by atoms with Crippen molar-refractivity contribution in [2.45, 2.75) is 0 Å². The van der Waals surface area contributed by atoms with Crippen LogP contribution in [0.1, 0.15) is 0 Å². The summed E-state index contributed by atoms with van der Waals surface area (Å²) in [5.41, 5.74) is 0. The van der Waals surface area contributed by atoms with Gasteiger partial charge in [0.25, 0.3) is 0 Å². The number of halogens is 1. The molecule has 0 aliphatic heterocycles. The summed E-state index contributed by atoms with van der Waals surface area (Å²) >= 11 is 0. The smallest absolute Gasteiger partial charge is 0 e. The second kappa shape index (κ2) is 178. The van der Waals surface area contributed by atoms with Crippen LogP contribution in [0, 0.1) is 0 Å². The molecule has 0 aliphatic rings. The fraction of sp³-hybridized carbons (Fsp3) is 0. The minimum Gasteiger partial charge on any atom is 0 e. The summed E-state index contributed by atoms with van der Waals surface area (Å²) in [5.74, 6) is 0. The van der Waals surface area contributed by atoms with Gasteiger partial charge in [0.1, 0.15) is 0 Å². The summed E-state index contributed by atoms with van der Waals surface area (Å²) in [5, 5.41) is 0. The van der Waals surface area contributed by atoms with Gasteiger partial charge < -0.3 is 32.9 Å². The van der Waals surface area contributed by atoms with Crippen LogP contribution >= 0.6 is 12.4 Å². The minimum atomic E-state index is 0. The SMILES string of the molecule is Cl.O.O.O.O.O.O.[KH].[Mn]. The van der Waals surface area contributed by atoms with E-state index in [0.29, 0.717) is 0 Å². The Labute approximate surface area is 112 Å². The van der Waals surface area contributed by atoms with E-state index in [0.717, 1.165) is 0 Å². The summed E-state index contributed by atoms with van der Waals surface area (Å²) in [6.07, 6.45) is 0. The van der Waals surface area contributed by atoms with E-state index in [2.05, 4.69) is 0 Å². The van der Waals surface area contributed by atoms with Crippen LogP contribution in [0.15, 0.2) is 0 Å². The molecule has 12 N–H and O–H groups in total. The standard InChI is InChI=1S/ClH.K.Mn.6H2O.H/h1H;;;6*1H2;. The molecule has 0 bridgehead atoms. The third-order valence-electron chi connectivity index (χ3n) is 0. The molecular weight excluding hydrogens is 225 g/mol. The van der Waals surface area contributed by atoms with Crippen molar-refractivity contribution in [2.24, 2.45) is 0 Å². The van der Waals surface area contributed by atoms with Gasteiger partial charge in [0.2, 0.25) is 0 Å². The van der Waals surface area contributed by atoms with Gasteiger partial charge >= 0.3 is 51.4 Å². The van der Waals surface area contributed by atoms with Crippen molar-refractivity contribution in [1.29, 1.82) is 0 Å². The van der Waals surface area contributed by atoms with E-state index in [1.165, 1.54) is 0 Å². The molecule has 0 aliphatic carbocycles. The maximum absolute atomic E-state index is 0. The zero-order chi connectivity index (χ0) is 0. The normalized spacial score (nSPS) is 0. The molecule has 0 atom stereocenters. The van der Waals surface area contributed by atoms with Crippen molar-refractivity contribution < 1.29 is 49.9 Å². The van der Waals surface area contributed by atoms with Gasteiger partial charge in [0.15, 0.2) is 0 Å². The predicted molar refractivity (Wildman–Crippen MR) is 36.1 cm³/mol. The average molecular weight is 240 g/mol. The van der Waals surface area contributed by atoms with Crippen molar-refractivity contribution >= 4 is 63.8 Å². The molecule has 0 aromatic carbocycles. The fourth-order valence-electron chi connectivity index (χ4n) is 0. The van der Waals surface area contributed by atoms with Crippen molar-refractivity contribution in [2.75, 3.05) is 0 Å². The molecule has 0 aromatic rings. The molecule has 0 fully saturated rings. The van der Waals surface area contributed by atoms with Gasteiger partial charge in [0.05, 0.1) is 0 Å². The maximum atomic E-state index is 0. The number of hydrogen-bond donors (Lipinski definition) is 0. The van der Waals surface area contributed by atoms with E-state index in [9.17, 15) is 0 Å². The molecule has 0 aromatic heterocycles. The summed E-state index contributed by atoms with van der Waals surface area (Å²) in [4.78, 5) is 0. The van der Waals surface area contributed by atoms with Crippen LogP contribution < -0.4 is 0 Å². The zero-order valence-corrected chi connectivity index (χ0v) is 5.78. The molecule has 0 rings (SSSR count). The Kier molecular flexibility index (Phi) is 4740. The van der Waals surface area contributed by atoms with Gasteiger partial charge in [-0.15, -0.1) is 12.4 Å². The summed E-state index contributed by atoms with van der Waals surface area (Å²) in [6, 6.07) is 0. The van der Waals surface area contributed by atoms with E-state index in [1.807, 2.05) is 0 Å². The third-order valence-corrected chi connectivity index (χ3v) is 0. The second-order valence-corrected chi connectivity index (χ2v) is 0. The average Bonchev–Trinajstić information content (AvgIpc) is 0. The first-order chi connectivity index (χ1) is 0. The molecular formula is H14ClKMnO6. The van der Waals surface area contributed by atoms with Gasteiger partial charge in [-0.25, -0.2) is 0 Å². The van der Waals surface area contributed by atoms with Crippen molar-refractivity contribution in [3.8, 4) is 0 Å². The Morgan fingerprint density at radius 3 is 0.444 bits per heavy atom. The monoisotopic (exact) mass is 239 g/mol. The first kappa shape index (κ1) is 240. The molecule has 65 valence electrons. The fourth-order valence-corrected chi connectivity index (χ4v) is 0. The maximum Gasteiger partial charge on any atom is 0 e. The molecule has 1 radical (unpaired) electrons. The van der Waals surface area contributed by atoms with Gasteiger partial charge in [-0.05, 0) is 0 Å². The van der Waals surface area contributed by atoms with E-state index < -0.39 is 0 Å². The summed E-state index contributed by atoms with van der Waals surface area (Å²) < 4.78 is 0. The summed E-state index contributed by atoms with van der Waals surface area (Å²) in [7, 11) is 0. The Balaban J connectivity index is 0. The van der Waals surface area contributed by atoms with Crippen molar-refractivity contribution in [1.82, 2.24) is 0 Å². The molecule has 0 saturated heterocycles. The Morgan fingerprint density at radius 1 is 0.444 bits per heavy atom. The van der Waals surface area contributed by atoms with Crippen LogP contribution in [0.5, 0.6) is 0 Å². The van der Waals surface area contributed by atoms with E-state index in [-0.39, 0.29) is 114 Å². The van der Waals surface area contributed by atoms with Crippen LogP contribution in [0.4, 0.5) is 0 Å². The van der Waals surface area contributed by atoms with Crippen molar-refractivity contribution in [3.05, 3.63) is 0 Å². The molecule has 0 amide bonds. The molecule has 6 nitrogen and oxygen atoms in total. The number of rotatable bonds is 0. The number of hydrogen-bond acceptors (Lipinski definition) is 0. The molecule has 9 heteroatoms. The first-order valence-corrected chi connectivity index (χ1v) is 0. The van der Waals surface area contributed by atoms with Crippen LogP contribution in [0.3, 0.4) is 0 Å². The molecule has 0 heterocycles. The van der Waals surface area contributed by atoms with Crippen LogP contribution in [-0.2, 0) is 17.1 Å². The van der Waals surface area contributed by atoms with Crippen LogP contribution in [0.25, 0.3) is 0 Å². The largest absolute Gasteiger partial charge is 0 e. The minimum absolute atomic E-state index is 0. The van der Waals surface area contributed by atoms with E-state index >= 15 is 0 Å². The third kappa shape index (κ3) is 141. The predicted octanol–water partition coefficient (Wildman–Crippen LogP) is -5.18. The Bertz CT molecular complexity index is 13.0. The Morgan fingerprint density at radius 2 is 0.444 bits per heavy atom. The first-order valence-electron chi connectivity index (χ1n) is 0. The topological polar surface area (TPSA) is 189 Å². The van der Waals surface area contributed by atoms with Gasteiger partial charge in [-0.3, -0.25) is 0 Å². The van der Waals surface area contributed by atoms with Crippen molar-refractivity contribution in [3.63, 3.8) is 0 Å².